The van der Waals surface area contributed by atoms with Crippen LogP contribution in [0.1, 0.15) is 43.8 Å². The molecule has 8 heteroatoms. The molecule has 4 rings (SSSR count). The zero-order valence-corrected chi connectivity index (χ0v) is 14.6. The smallest absolute Gasteiger partial charge is 0.223 e. The van der Waals surface area contributed by atoms with Crippen molar-refractivity contribution >= 4 is 5.91 Å². The van der Waals surface area contributed by atoms with Crippen LogP contribution in [-0.4, -0.2) is 59.5 Å². The average molecular weight is 350 g/mol. The highest BCUT2D eigenvalue weighted by atomic mass is 16.6. The quantitative estimate of drug-likeness (QED) is 0.846. The first kappa shape index (κ1) is 16.9. The monoisotopic (exact) mass is 350 g/mol. The van der Waals surface area contributed by atoms with Crippen molar-refractivity contribution in [2.75, 3.05) is 20.3 Å². The van der Waals surface area contributed by atoms with Gasteiger partial charge in [0.25, 0.3) is 0 Å². The second-order valence-corrected chi connectivity index (χ2v) is 7.24. The standard InChI is InChI=1S/C17H26N4O4/c1-23-8-12-7-21(20-19-12)14-10-25-15-13(9-24-16(14)15)18-17(22)11-5-3-2-4-6-11/h7,11,13-16H,2-6,8-10H2,1H3,(H,18,22). The van der Waals surface area contributed by atoms with Gasteiger partial charge in [0, 0.05) is 13.0 Å². The van der Waals surface area contributed by atoms with E-state index in [-0.39, 0.29) is 36.1 Å². The van der Waals surface area contributed by atoms with Crippen LogP contribution in [0.4, 0.5) is 0 Å². The Balaban J connectivity index is 1.37. The van der Waals surface area contributed by atoms with Crippen LogP contribution in [0.15, 0.2) is 6.20 Å². The summed E-state index contributed by atoms with van der Waals surface area (Å²) in [6, 6.07) is -0.0916. The SMILES string of the molecule is COCc1cn(C2COC3C(NC(=O)C4CCCCC4)COC32)nn1. The number of nitrogens with one attached hydrogen (secondary N) is 1. The molecule has 0 aromatic carbocycles. The number of amides is 1. The van der Waals surface area contributed by atoms with Crippen molar-refractivity contribution in [2.45, 2.75) is 63.0 Å². The van der Waals surface area contributed by atoms with Gasteiger partial charge in [0.1, 0.15) is 23.9 Å². The van der Waals surface area contributed by atoms with Crippen LogP contribution in [-0.2, 0) is 25.6 Å². The molecule has 1 N–H and O–H groups in total. The van der Waals surface area contributed by atoms with E-state index >= 15 is 0 Å². The number of aromatic nitrogens is 3. The zero-order chi connectivity index (χ0) is 17.2. The summed E-state index contributed by atoms with van der Waals surface area (Å²) in [4.78, 5) is 12.5. The minimum absolute atomic E-state index is 0.0142. The summed E-state index contributed by atoms with van der Waals surface area (Å²) in [6.07, 6.45) is 7.20. The van der Waals surface area contributed by atoms with Gasteiger partial charge in [-0.1, -0.05) is 24.5 Å². The average Bonchev–Trinajstić information content (AvgIpc) is 3.33. The minimum atomic E-state index is -0.118. The highest BCUT2D eigenvalue weighted by Gasteiger charge is 2.49. The van der Waals surface area contributed by atoms with Crippen LogP contribution >= 0.6 is 0 Å². The molecule has 3 heterocycles. The topological polar surface area (TPSA) is 87.5 Å². The molecule has 3 fully saturated rings. The molecule has 1 aromatic rings. The first-order valence-electron chi connectivity index (χ1n) is 9.19. The van der Waals surface area contributed by atoms with E-state index in [1.54, 1.807) is 11.8 Å². The minimum Gasteiger partial charge on any atom is -0.378 e. The second-order valence-electron chi connectivity index (χ2n) is 7.24. The van der Waals surface area contributed by atoms with Crippen LogP contribution in [0, 0.1) is 5.92 Å². The van der Waals surface area contributed by atoms with E-state index in [1.165, 1.54) is 6.42 Å². The Morgan fingerprint density at radius 1 is 1.28 bits per heavy atom. The predicted octanol–water partition coefficient (Wildman–Crippen LogP) is 0.828. The van der Waals surface area contributed by atoms with Crippen molar-refractivity contribution in [1.82, 2.24) is 20.3 Å². The van der Waals surface area contributed by atoms with E-state index in [4.69, 9.17) is 14.2 Å². The van der Waals surface area contributed by atoms with Crippen LogP contribution in [0.25, 0.3) is 0 Å². The number of hydrogen-bond acceptors (Lipinski definition) is 6. The largest absolute Gasteiger partial charge is 0.378 e. The Hall–Kier alpha value is -1.51. The van der Waals surface area contributed by atoms with Gasteiger partial charge in [-0.15, -0.1) is 5.10 Å². The summed E-state index contributed by atoms with van der Waals surface area (Å²) < 4.78 is 18.8. The molecule has 0 radical (unpaired) electrons. The molecule has 4 unspecified atom stereocenters. The molecular weight excluding hydrogens is 324 g/mol. The van der Waals surface area contributed by atoms with Crippen LogP contribution in [0.2, 0.25) is 0 Å². The molecular formula is C17H26N4O4. The summed E-state index contributed by atoms with van der Waals surface area (Å²) in [5, 5.41) is 11.4. The van der Waals surface area contributed by atoms with Gasteiger partial charge in [0.2, 0.25) is 5.91 Å². The van der Waals surface area contributed by atoms with Crippen molar-refractivity contribution < 1.29 is 19.0 Å². The molecule has 1 amide bonds. The van der Waals surface area contributed by atoms with E-state index in [9.17, 15) is 4.79 Å². The Morgan fingerprint density at radius 2 is 2.08 bits per heavy atom. The van der Waals surface area contributed by atoms with Gasteiger partial charge in [0.05, 0.1) is 32.1 Å². The van der Waals surface area contributed by atoms with Crippen LogP contribution in [0.5, 0.6) is 0 Å². The number of fused-ring (bicyclic) bond motifs is 1. The maximum Gasteiger partial charge on any atom is 0.223 e. The summed E-state index contributed by atoms with van der Waals surface area (Å²) in [7, 11) is 1.63. The van der Waals surface area contributed by atoms with E-state index in [1.807, 2.05) is 6.20 Å². The van der Waals surface area contributed by atoms with Crippen molar-refractivity contribution in [2.24, 2.45) is 5.92 Å². The second kappa shape index (κ2) is 7.39. The van der Waals surface area contributed by atoms with Gasteiger partial charge >= 0.3 is 0 Å². The normalized spacial score (nSPS) is 32.7. The summed E-state index contributed by atoms with van der Waals surface area (Å²) in [5.41, 5.74) is 0.783. The third-order valence-corrected chi connectivity index (χ3v) is 5.52. The number of carbonyl (C=O) groups is 1. The van der Waals surface area contributed by atoms with Gasteiger partial charge in [-0.25, -0.2) is 4.68 Å². The molecule has 25 heavy (non-hydrogen) atoms. The summed E-state index contributed by atoms with van der Waals surface area (Å²) in [5.74, 6) is 0.307. The lowest BCUT2D eigenvalue weighted by Crippen LogP contribution is -2.46. The van der Waals surface area contributed by atoms with Crippen molar-refractivity contribution in [3.8, 4) is 0 Å². The highest BCUT2D eigenvalue weighted by Crippen LogP contribution is 2.34. The molecule has 2 aliphatic heterocycles. The van der Waals surface area contributed by atoms with Gasteiger partial charge in [-0.05, 0) is 12.8 Å². The van der Waals surface area contributed by atoms with Gasteiger partial charge in [-0.2, -0.15) is 0 Å². The number of nitrogens with zero attached hydrogens (tertiary/aromatic N) is 3. The highest BCUT2D eigenvalue weighted by molar-refractivity contribution is 5.79. The first-order chi connectivity index (χ1) is 12.3. The van der Waals surface area contributed by atoms with E-state index in [2.05, 4.69) is 15.6 Å². The molecule has 1 saturated carbocycles. The van der Waals surface area contributed by atoms with Crippen molar-refractivity contribution in [3.63, 3.8) is 0 Å². The molecule has 138 valence electrons. The number of carbonyl (C=O) groups excluding carboxylic acids is 1. The summed E-state index contributed by atoms with van der Waals surface area (Å²) in [6.45, 7) is 1.44. The summed E-state index contributed by atoms with van der Waals surface area (Å²) >= 11 is 0. The first-order valence-corrected chi connectivity index (χ1v) is 9.19. The number of ether oxygens (including phenoxy) is 3. The maximum atomic E-state index is 12.5. The molecule has 0 bridgehead atoms. The molecule has 4 atom stereocenters. The molecule has 0 spiro atoms. The molecule has 8 nitrogen and oxygen atoms in total. The third-order valence-electron chi connectivity index (χ3n) is 5.52. The fourth-order valence-corrected chi connectivity index (χ4v) is 4.18. The molecule has 1 aromatic heterocycles. The fourth-order valence-electron chi connectivity index (χ4n) is 4.18. The van der Waals surface area contributed by atoms with E-state index < -0.39 is 0 Å². The molecule has 1 aliphatic carbocycles. The van der Waals surface area contributed by atoms with Crippen LogP contribution < -0.4 is 5.32 Å². The van der Waals surface area contributed by atoms with E-state index in [0.29, 0.717) is 19.8 Å². The number of methoxy groups -OCH3 is 1. The van der Waals surface area contributed by atoms with Gasteiger partial charge in [-0.3, -0.25) is 4.79 Å². The number of rotatable bonds is 5. The molecule has 2 saturated heterocycles. The Labute approximate surface area is 147 Å². The zero-order valence-electron chi connectivity index (χ0n) is 14.6. The Kier molecular flexibility index (Phi) is 5.00. The molecule has 3 aliphatic rings. The lowest BCUT2D eigenvalue weighted by Gasteiger charge is -2.24. The van der Waals surface area contributed by atoms with Crippen molar-refractivity contribution in [1.29, 1.82) is 0 Å². The van der Waals surface area contributed by atoms with Gasteiger partial charge < -0.3 is 19.5 Å². The lowest BCUT2D eigenvalue weighted by atomic mass is 9.88. The Bertz CT molecular complexity index is 601. The van der Waals surface area contributed by atoms with Gasteiger partial charge in [0.15, 0.2) is 0 Å². The van der Waals surface area contributed by atoms with E-state index in [0.717, 1.165) is 31.4 Å². The predicted molar refractivity (Wildman–Crippen MR) is 87.8 cm³/mol. The third kappa shape index (κ3) is 3.43. The Morgan fingerprint density at radius 3 is 2.88 bits per heavy atom. The number of hydrogen-bond donors (Lipinski definition) is 1. The van der Waals surface area contributed by atoms with Crippen LogP contribution in [0.3, 0.4) is 0 Å². The lowest BCUT2D eigenvalue weighted by molar-refractivity contribution is -0.127. The fraction of sp³-hybridized carbons (Fsp3) is 0.824. The van der Waals surface area contributed by atoms with Crippen molar-refractivity contribution in [3.05, 3.63) is 11.9 Å². The maximum absolute atomic E-state index is 12.5.